The molecule has 54 heavy (non-hydrogen) atoms. The molecule has 0 spiro atoms. The second kappa shape index (κ2) is 42.7. The van der Waals surface area contributed by atoms with E-state index in [1.54, 1.807) is 0 Å². The van der Waals surface area contributed by atoms with E-state index in [9.17, 15) is 19.8 Å². The van der Waals surface area contributed by atoms with E-state index >= 15 is 0 Å². The number of aliphatic hydroxyl groups is 2. The highest BCUT2D eigenvalue weighted by Crippen LogP contribution is 2.18. The first-order valence-electron chi connectivity index (χ1n) is 23.9. The molecule has 1 amide bonds. The molecular weight excluding hydrogens is 671 g/mol. The van der Waals surface area contributed by atoms with Crippen LogP contribution < -0.4 is 5.32 Å². The van der Waals surface area contributed by atoms with Gasteiger partial charge in [0.15, 0.2) is 0 Å². The number of unbranched alkanes of at least 4 members (excludes halogenated alkanes) is 29. The molecular formula is C48H93NO5. The van der Waals surface area contributed by atoms with Crippen LogP contribution in [0.2, 0.25) is 0 Å². The van der Waals surface area contributed by atoms with Gasteiger partial charge in [-0.05, 0) is 44.9 Å². The zero-order chi connectivity index (χ0) is 39.6. The first kappa shape index (κ1) is 52.6. The van der Waals surface area contributed by atoms with Gasteiger partial charge in [0.2, 0.25) is 5.91 Å². The van der Waals surface area contributed by atoms with Crippen molar-refractivity contribution in [3.63, 3.8) is 0 Å². The van der Waals surface area contributed by atoms with E-state index in [1.807, 2.05) is 0 Å². The van der Waals surface area contributed by atoms with Crippen LogP contribution in [0.1, 0.15) is 258 Å². The Hall–Kier alpha value is -1.40. The summed E-state index contributed by atoms with van der Waals surface area (Å²) in [7, 11) is 0. The number of esters is 1. The summed E-state index contributed by atoms with van der Waals surface area (Å²) in [6, 6.07) is -0.697. The van der Waals surface area contributed by atoms with E-state index in [0.717, 1.165) is 70.6 Å². The number of aliphatic hydroxyl groups excluding tert-OH is 2. The number of allylic oxidation sites excluding steroid dienone is 2. The highest BCUT2D eigenvalue weighted by Gasteiger charge is 2.24. The molecule has 0 heterocycles. The largest absolute Gasteiger partial charge is 0.462 e. The Morgan fingerprint density at radius 1 is 0.519 bits per heavy atom. The molecule has 0 aromatic heterocycles. The Morgan fingerprint density at radius 3 is 1.39 bits per heavy atom. The van der Waals surface area contributed by atoms with Crippen LogP contribution in [-0.2, 0) is 14.3 Å². The van der Waals surface area contributed by atoms with Crippen molar-refractivity contribution in [3.05, 3.63) is 12.2 Å². The lowest BCUT2D eigenvalue weighted by Crippen LogP contribution is -2.46. The Morgan fingerprint density at radius 2 is 0.926 bits per heavy atom. The fourth-order valence-corrected chi connectivity index (χ4v) is 7.43. The Balaban J connectivity index is 4.39. The maximum atomic E-state index is 13.1. The summed E-state index contributed by atoms with van der Waals surface area (Å²) < 4.78 is 5.89. The van der Waals surface area contributed by atoms with E-state index in [4.69, 9.17) is 4.74 Å². The molecule has 0 bridgehead atoms. The molecule has 0 aliphatic rings. The van der Waals surface area contributed by atoms with Gasteiger partial charge in [0.1, 0.15) is 6.10 Å². The third-order valence-corrected chi connectivity index (χ3v) is 11.1. The minimum atomic E-state index is -0.783. The van der Waals surface area contributed by atoms with Crippen molar-refractivity contribution in [1.29, 1.82) is 0 Å². The molecule has 0 aliphatic carbocycles. The quantitative estimate of drug-likeness (QED) is 0.0326. The summed E-state index contributed by atoms with van der Waals surface area (Å²) in [6.45, 7) is 6.41. The molecule has 3 unspecified atom stereocenters. The summed E-state index contributed by atoms with van der Waals surface area (Å²) in [6.07, 6.45) is 45.7. The molecule has 3 atom stereocenters. The minimum Gasteiger partial charge on any atom is -0.462 e. The summed E-state index contributed by atoms with van der Waals surface area (Å²) in [5, 5.41) is 23.6. The van der Waals surface area contributed by atoms with Crippen LogP contribution in [0.15, 0.2) is 12.2 Å². The Bertz CT molecular complexity index is 817. The second-order valence-electron chi connectivity index (χ2n) is 16.5. The zero-order valence-corrected chi connectivity index (χ0v) is 36.4. The van der Waals surface area contributed by atoms with Crippen molar-refractivity contribution in [2.24, 2.45) is 0 Å². The number of hydrogen-bond acceptors (Lipinski definition) is 5. The van der Waals surface area contributed by atoms with Crippen LogP contribution in [-0.4, -0.2) is 46.9 Å². The van der Waals surface area contributed by atoms with E-state index < -0.39 is 18.2 Å². The fraction of sp³-hybridized carbons (Fsp3) is 0.917. The van der Waals surface area contributed by atoms with Gasteiger partial charge in [0, 0.05) is 6.42 Å². The van der Waals surface area contributed by atoms with E-state index in [1.165, 1.54) is 141 Å². The van der Waals surface area contributed by atoms with Crippen LogP contribution in [0.25, 0.3) is 0 Å². The van der Waals surface area contributed by atoms with Crippen molar-refractivity contribution in [2.75, 3.05) is 6.61 Å². The smallest absolute Gasteiger partial charge is 0.306 e. The van der Waals surface area contributed by atoms with Gasteiger partial charge in [-0.15, -0.1) is 0 Å². The van der Waals surface area contributed by atoms with Gasteiger partial charge in [0.25, 0.3) is 0 Å². The minimum absolute atomic E-state index is 0.0721. The van der Waals surface area contributed by atoms with E-state index in [2.05, 4.69) is 38.2 Å². The molecule has 320 valence electrons. The summed E-state index contributed by atoms with van der Waals surface area (Å²) in [5.41, 5.74) is 0. The molecule has 0 saturated heterocycles. The number of hydrogen-bond donors (Lipinski definition) is 3. The monoisotopic (exact) mass is 764 g/mol. The van der Waals surface area contributed by atoms with Crippen LogP contribution in [0.3, 0.4) is 0 Å². The highest BCUT2D eigenvalue weighted by atomic mass is 16.5. The van der Waals surface area contributed by atoms with E-state index in [0.29, 0.717) is 19.3 Å². The third kappa shape index (κ3) is 37.5. The summed E-state index contributed by atoms with van der Waals surface area (Å²) >= 11 is 0. The van der Waals surface area contributed by atoms with Gasteiger partial charge < -0.3 is 20.3 Å². The SMILES string of the molecule is CCC/C=C\CCCCCC(CC(=O)NC(CO)C(O)CCCCCCCCCCCC)OC(=O)CCCCCCCCCCCCCCCCCCC. The predicted octanol–water partition coefficient (Wildman–Crippen LogP) is 13.8. The topological polar surface area (TPSA) is 95.9 Å². The summed E-state index contributed by atoms with van der Waals surface area (Å²) in [4.78, 5) is 25.9. The molecule has 3 N–H and O–H groups in total. The maximum absolute atomic E-state index is 13.1. The lowest BCUT2D eigenvalue weighted by atomic mass is 10.0. The van der Waals surface area contributed by atoms with Crippen molar-refractivity contribution in [2.45, 2.75) is 277 Å². The van der Waals surface area contributed by atoms with Crippen molar-refractivity contribution >= 4 is 11.9 Å². The van der Waals surface area contributed by atoms with Gasteiger partial charge in [0.05, 0.1) is 25.2 Å². The maximum Gasteiger partial charge on any atom is 0.306 e. The third-order valence-electron chi connectivity index (χ3n) is 11.1. The molecule has 0 aromatic rings. The van der Waals surface area contributed by atoms with Crippen molar-refractivity contribution < 1.29 is 24.5 Å². The lowest BCUT2D eigenvalue weighted by molar-refractivity contribution is -0.151. The number of ether oxygens (including phenoxy) is 1. The van der Waals surface area contributed by atoms with Crippen LogP contribution in [0.4, 0.5) is 0 Å². The van der Waals surface area contributed by atoms with Gasteiger partial charge in [-0.2, -0.15) is 0 Å². The molecule has 0 fully saturated rings. The average Bonchev–Trinajstić information content (AvgIpc) is 3.16. The first-order chi connectivity index (χ1) is 26.5. The van der Waals surface area contributed by atoms with Crippen LogP contribution >= 0.6 is 0 Å². The molecule has 6 heteroatoms. The van der Waals surface area contributed by atoms with Gasteiger partial charge in [-0.1, -0.05) is 213 Å². The highest BCUT2D eigenvalue weighted by molar-refractivity contribution is 5.77. The predicted molar refractivity (Wildman–Crippen MR) is 232 cm³/mol. The number of carbonyl (C=O) groups excluding carboxylic acids is 2. The number of amides is 1. The van der Waals surface area contributed by atoms with Crippen LogP contribution in [0.5, 0.6) is 0 Å². The molecule has 0 saturated carbocycles. The Kier molecular flexibility index (Phi) is 41.6. The zero-order valence-electron chi connectivity index (χ0n) is 36.4. The Labute approximate surface area is 336 Å². The lowest BCUT2D eigenvalue weighted by Gasteiger charge is -2.24. The van der Waals surface area contributed by atoms with Gasteiger partial charge in [-0.25, -0.2) is 0 Å². The average molecular weight is 764 g/mol. The second-order valence-corrected chi connectivity index (χ2v) is 16.5. The van der Waals surface area contributed by atoms with Gasteiger partial charge in [-0.3, -0.25) is 9.59 Å². The molecule has 0 aromatic carbocycles. The summed E-state index contributed by atoms with van der Waals surface area (Å²) in [5.74, 6) is -0.481. The molecule has 0 rings (SSSR count). The van der Waals surface area contributed by atoms with E-state index in [-0.39, 0.29) is 24.9 Å². The van der Waals surface area contributed by atoms with Crippen molar-refractivity contribution in [1.82, 2.24) is 5.32 Å². The molecule has 0 radical (unpaired) electrons. The number of nitrogens with one attached hydrogen (secondary N) is 1. The fourth-order valence-electron chi connectivity index (χ4n) is 7.43. The normalized spacial score (nSPS) is 13.4. The molecule has 6 nitrogen and oxygen atoms in total. The number of rotatable bonds is 43. The van der Waals surface area contributed by atoms with Gasteiger partial charge >= 0.3 is 5.97 Å². The standard InChI is InChI=1S/C48H93NO5/c1-4-7-10-13-16-19-21-22-23-24-25-26-27-29-32-35-38-41-48(53)54-44(39-36-33-30-18-15-12-9-6-3)42-47(52)49-45(43-50)46(51)40-37-34-31-28-20-17-14-11-8-5-2/h12,15,44-46,50-51H,4-11,13-14,16-43H2,1-3H3,(H,49,52)/b15-12-. The molecule has 0 aliphatic heterocycles. The first-order valence-corrected chi connectivity index (χ1v) is 23.9. The number of carbonyl (C=O) groups is 2. The van der Waals surface area contributed by atoms with Crippen LogP contribution in [0, 0.1) is 0 Å². The van der Waals surface area contributed by atoms with Crippen molar-refractivity contribution in [3.8, 4) is 0 Å².